The summed E-state index contributed by atoms with van der Waals surface area (Å²) < 4.78 is 7.32. The Hall–Kier alpha value is -1.63. The Morgan fingerprint density at radius 2 is 2.00 bits per heavy atom. The molecule has 1 aliphatic rings. The van der Waals surface area contributed by atoms with Crippen LogP contribution in [0.15, 0.2) is 57.9 Å². The van der Waals surface area contributed by atoms with Gasteiger partial charge in [-0.1, -0.05) is 77.2 Å². The molecule has 1 aliphatic heterocycles. The molecule has 2 aromatic rings. The Kier molecular flexibility index (Phi) is 6.51. The number of benzene rings is 2. The second-order valence-electron chi connectivity index (χ2n) is 5.78. The number of carbonyl (C=O) groups excluding carboxylic acids is 1. The maximum absolute atomic E-state index is 12.8. The van der Waals surface area contributed by atoms with E-state index in [1.54, 1.807) is 4.90 Å². The highest BCUT2D eigenvalue weighted by molar-refractivity contribution is 9.10. The van der Waals surface area contributed by atoms with Gasteiger partial charge in [0, 0.05) is 10.0 Å². The molecule has 0 atom stereocenters. The maximum atomic E-state index is 12.8. The molecular formula is C20H18BrNO2S2. The number of rotatable bonds is 6. The van der Waals surface area contributed by atoms with Gasteiger partial charge < -0.3 is 4.74 Å². The van der Waals surface area contributed by atoms with E-state index in [0.29, 0.717) is 22.4 Å². The first-order valence-electron chi connectivity index (χ1n) is 8.30. The highest BCUT2D eigenvalue weighted by Gasteiger charge is 2.32. The summed E-state index contributed by atoms with van der Waals surface area (Å²) in [6, 6.07) is 15.7. The lowest BCUT2D eigenvalue weighted by atomic mass is 10.1. The summed E-state index contributed by atoms with van der Waals surface area (Å²) in [5, 5.41) is 0. The Balaban J connectivity index is 1.85. The molecule has 0 aromatic heterocycles. The fourth-order valence-corrected chi connectivity index (χ4v) is 4.14. The third-order valence-corrected chi connectivity index (χ3v) is 5.65. The monoisotopic (exact) mass is 447 g/mol. The molecule has 1 saturated heterocycles. The summed E-state index contributed by atoms with van der Waals surface area (Å²) in [6.45, 7) is 3.19. The molecule has 0 bridgehead atoms. The quantitative estimate of drug-likeness (QED) is 0.423. The van der Waals surface area contributed by atoms with Gasteiger partial charge in [0.05, 0.1) is 18.1 Å². The zero-order valence-electron chi connectivity index (χ0n) is 14.3. The van der Waals surface area contributed by atoms with Crippen molar-refractivity contribution < 1.29 is 9.53 Å². The second kappa shape index (κ2) is 8.84. The van der Waals surface area contributed by atoms with E-state index in [-0.39, 0.29) is 5.91 Å². The lowest BCUT2D eigenvalue weighted by Gasteiger charge is -2.14. The third-order valence-electron chi connectivity index (χ3n) is 3.78. The molecule has 26 heavy (non-hydrogen) atoms. The van der Waals surface area contributed by atoms with E-state index in [0.717, 1.165) is 27.8 Å². The van der Waals surface area contributed by atoms with E-state index in [9.17, 15) is 4.79 Å². The maximum Gasteiger partial charge on any atom is 0.266 e. The summed E-state index contributed by atoms with van der Waals surface area (Å²) in [6.07, 6.45) is 2.79. The molecular weight excluding hydrogens is 430 g/mol. The first-order valence-corrected chi connectivity index (χ1v) is 10.3. The minimum absolute atomic E-state index is 0.0646. The molecule has 6 heteroatoms. The smallest absolute Gasteiger partial charge is 0.266 e. The van der Waals surface area contributed by atoms with E-state index < -0.39 is 0 Å². The fourth-order valence-electron chi connectivity index (χ4n) is 2.52. The van der Waals surface area contributed by atoms with Crippen LogP contribution in [0.1, 0.15) is 24.5 Å². The van der Waals surface area contributed by atoms with Gasteiger partial charge in [-0.15, -0.1) is 0 Å². The summed E-state index contributed by atoms with van der Waals surface area (Å²) in [4.78, 5) is 15.1. The van der Waals surface area contributed by atoms with Crippen LogP contribution in [0, 0.1) is 0 Å². The van der Waals surface area contributed by atoms with E-state index in [1.807, 2.05) is 54.6 Å². The largest absolute Gasteiger partial charge is 0.493 e. The van der Waals surface area contributed by atoms with Gasteiger partial charge in [-0.05, 0) is 36.3 Å². The van der Waals surface area contributed by atoms with Gasteiger partial charge in [0.25, 0.3) is 5.91 Å². The molecule has 134 valence electrons. The van der Waals surface area contributed by atoms with Crippen molar-refractivity contribution in [3.8, 4) is 5.75 Å². The van der Waals surface area contributed by atoms with Crippen molar-refractivity contribution in [2.75, 3.05) is 6.61 Å². The van der Waals surface area contributed by atoms with Crippen LogP contribution in [0.3, 0.4) is 0 Å². The minimum atomic E-state index is -0.0646. The van der Waals surface area contributed by atoms with E-state index in [2.05, 4.69) is 22.9 Å². The van der Waals surface area contributed by atoms with Gasteiger partial charge in [-0.25, -0.2) is 0 Å². The Labute approximate surface area is 171 Å². The molecule has 1 amide bonds. The fraction of sp³-hybridized carbons (Fsp3) is 0.200. The average molecular weight is 448 g/mol. The molecule has 0 radical (unpaired) electrons. The molecule has 0 spiro atoms. The molecule has 1 heterocycles. The number of halogens is 1. The molecule has 0 unspecified atom stereocenters. The Bertz CT molecular complexity index is 852. The van der Waals surface area contributed by atoms with Crippen molar-refractivity contribution in [1.29, 1.82) is 0 Å². The number of thioether (sulfide) groups is 1. The van der Waals surface area contributed by atoms with Crippen molar-refractivity contribution >= 4 is 56.2 Å². The molecule has 0 aliphatic carbocycles. The van der Waals surface area contributed by atoms with E-state index in [1.165, 1.54) is 11.8 Å². The van der Waals surface area contributed by atoms with Crippen molar-refractivity contribution in [2.45, 2.75) is 19.9 Å². The van der Waals surface area contributed by atoms with Crippen LogP contribution < -0.4 is 4.74 Å². The highest BCUT2D eigenvalue weighted by Crippen LogP contribution is 2.35. The normalized spacial score (nSPS) is 15.8. The van der Waals surface area contributed by atoms with Crippen LogP contribution in [0.25, 0.3) is 6.08 Å². The zero-order valence-corrected chi connectivity index (χ0v) is 17.5. The lowest BCUT2D eigenvalue weighted by Crippen LogP contribution is -2.27. The standard InChI is InChI=1S/C20H18BrNO2S2/c1-2-10-24-17-9-8-16(21)11-15(17)12-18-19(23)22(20(25)26-18)13-14-6-4-3-5-7-14/h3-9,11-12H,2,10,13H2,1H3/b18-12-. The SMILES string of the molecule is CCCOc1ccc(Br)cc1/C=C1\SC(=S)N(Cc2ccccc2)C1=O. The van der Waals surface area contributed by atoms with E-state index in [4.69, 9.17) is 17.0 Å². The van der Waals surface area contributed by atoms with Crippen LogP contribution in [0.2, 0.25) is 0 Å². The predicted octanol–water partition coefficient (Wildman–Crippen LogP) is 5.64. The van der Waals surface area contributed by atoms with Crippen molar-refractivity contribution in [2.24, 2.45) is 0 Å². The topological polar surface area (TPSA) is 29.5 Å². The van der Waals surface area contributed by atoms with Crippen LogP contribution in [0.4, 0.5) is 0 Å². The number of hydrogen-bond acceptors (Lipinski definition) is 4. The van der Waals surface area contributed by atoms with Gasteiger partial charge in [0.2, 0.25) is 0 Å². The number of nitrogens with zero attached hydrogens (tertiary/aromatic N) is 1. The molecule has 0 saturated carbocycles. The predicted molar refractivity (Wildman–Crippen MR) is 115 cm³/mol. The van der Waals surface area contributed by atoms with Gasteiger partial charge in [0.1, 0.15) is 10.1 Å². The highest BCUT2D eigenvalue weighted by atomic mass is 79.9. The number of hydrogen-bond donors (Lipinski definition) is 0. The minimum Gasteiger partial charge on any atom is -0.493 e. The van der Waals surface area contributed by atoms with Crippen LogP contribution in [-0.2, 0) is 11.3 Å². The molecule has 0 N–H and O–H groups in total. The Morgan fingerprint density at radius 3 is 2.73 bits per heavy atom. The van der Waals surface area contributed by atoms with Crippen LogP contribution in [0.5, 0.6) is 5.75 Å². The molecule has 3 rings (SSSR count). The van der Waals surface area contributed by atoms with Gasteiger partial charge in [-0.2, -0.15) is 0 Å². The van der Waals surface area contributed by atoms with Crippen molar-refractivity contribution in [3.63, 3.8) is 0 Å². The first-order chi connectivity index (χ1) is 12.6. The summed E-state index contributed by atoms with van der Waals surface area (Å²) in [5.41, 5.74) is 1.92. The zero-order chi connectivity index (χ0) is 18.5. The van der Waals surface area contributed by atoms with Gasteiger partial charge >= 0.3 is 0 Å². The van der Waals surface area contributed by atoms with Crippen LogP contribution >= 0.6 is 39.9 Å². The molecule has 1 fully saturated rings. The molecule has 3 nitrogen and oxygen atoms in total. The average Bonchev–Trinajstić information content (AvgIpc) is 2.89. The Morgan fingerprint density at radius 1 is 1.23 bits per heavy atom. The van der Waals surface area contributed by atoms with Gasteiger partial charge in [0.15, 0.2) is 0 Å². The van der Waals surface area contributed by atoms with E-state index >= 15 is 0 Å². The number of thiocarbonyl (C=S) groups is 1. The summed E-state index contributed by atoms with van der Waals surface area (Å²) in [5.74, 6) is 0.702. The van der Waals surface area contributed by atoms with Crippen LogP contribution in [-0.4, -0.2) is 21.7 Å². The lowest BCUT2D eigenvalue weighted by molar-refractivity contribution is -0.122. The van der Waals surface area contributed by atoms with Crippen molar-refractivity contribution in [1.82, 2.24) is 4.90 Å². The number of amides is 1. The number of carbonyl (C=O) groups is 1. The third kappa shape index (κ3) is 4.55. The summed E-state index contributed by atoms with van der Waals surface area (Å²) in [7, 11) is 0. The molecule has 2 aromatic carbocycles. The number of ether oxygens (including phenoxy) is 1. The van der Waals surface area contributed by atoms with Gasteiger partial charge in [-0.3, -0.25) is 9.69 Å². The summed E-state index contributed by atoms with van der Waals surface area (Å²) >= 11 is 10.2. The second-order valence-corrected chi connectivity index (χ2v) is 8.38. The van der Waals surface area contributed by atoms with Crippen molar-refractivity contribution in [3.05, 3.63) is 69.0 Å². The first kappa shape index (κ1) is 19.1.